The maximum absolute atomic E-state index is 11.8. The fourth-order valence-electron chi connectivity index (χ4n) is 4.72. The Kier molecular flexibility index (Phi) is 25.9. The second-order valence-corrected chi connectivity index (χ2v) is 10.7. The molecule has 0 atom stereocenters. The molecule has 0 bridgehead atoms. The van der Waals surface area contributed by atoms with Gasteiger partial charge in [-0.15, -0.1) is 6.42 Å². The van der Waals surface area contributed by atoms with Gasteiger partial charge in [0.05, 0.1) is 7.11 Å². The van der Waals surface area contributed by atoms with Crippen LogP contribution in [0.15, 0.2) is 48.5 Å². The van der Waals surface area contributed by atoms with E-state index in [1.165, 1.54) is 97.0 Å². The molecular weight excluding hydrogens is 540 g/mol. The Hall–Kier alpha value is -1.97. The molecule has 0 saturated carbocycles. The monoisotopic (exact) mass is 594 g/mol. The summed E-state index contributed by atoms with van der Waals surface area (Å²) in [5, 5.41) is 0. The first-order chi connectivity index (χ1) is 19.1. The van der Waals surface area contributed by atoms with Crippen LogP contribution in [-0.2, 0) is 26.6 Å². The van der Waals surface area contributed by atoms with Crippen LogP contribution in [0.4, 0.5) is 0 Å². The first kappa shape index (κ1) is 38.0. The van der Waals surface area contributed by atoms with Crippen LogP contribution in [0, 0.1) is 0 Å². The molecule has 0 spiro atoms. The molecule has 0 aliphatic heterocycles. The zero-order chi connectivity index (χ0) is 28.4. The molecule has 0 N–H and O–H groups in total. The Morgan fingerprint density at radius 3 is 1.48 bits per heavy atom. The summed E-state index contributed by atoms with van der Waals surface area (Å²) in [6.07, 6.45) is 23.6. The van der Waals surface area contributed by atoms with Gasteiger partial charge in [0.1, 0.15) is 5.78 Å². The Morgan fingerprint density at radius 2 is 1.00 bits per heavy atom. The number of esters is 1. The van der Waals surface area contributed by atoms with Crippen LogP contribution < -0.4 is 0 Å². The molecule has 2 rings (SSSR count). The minimum absolute atomic E-state index is 0. The zero-order valence-electron chi connectivity index (χ0n) is 25.2. The number of ketones is 2. The maximum atomic E-state index is 11.8. The summed E-state index contributed by atoms with van der Waals surface area (Å²) in [5.41, 5.74) is 1.65. The van der Waals surface area contributed by atoms with E-state index in [1.807, 2.05) is 48.5 Å². The summed E-state index contributed by atoms with van der Waals surface area (Å²) in [4.78, 5) is 34.1. The van der Waals surface area contributed by atoms with Crippen molar-refractivity contribution >= 4 is 17.5 Å². The zero-order valence-corrected chi connectivity index (χ0v) is 26.4. The van der Waals surface area contributed by atoms with E-state index in [1.54, 1.807) is 0 Å². The van der Waals surface area contributed by atoms with Gasteiger partial charge in [0, 0.05) is 23.5 Å². The van der Waals surface area contributed by atoms with Gasteiger partial charge in [0.2, 0.25) is 0 Å². The van der Waals surface area contributed by atoms with Crippen molar-refractivity contribution in [1.29, 1.82) is 0 Å². The molecular formula is C35H54FeO4-6. The molecule has 0 unspecified atom stereocenters. The second kappa shape index (κ2) is 27.2. The molecule has 0 heterocycles. The molecule has 0 amide bonds. The van der Waals surface area contributed by atoms with Gasteiger partial charge in [-0.3, -0.25) is 10.6 Å². The molecule has 232 valence electrons. The van der Waals surface area contributed by atoms with Crippen LogP contribution in [0.1, 0.15) is 156 Å². The predicted octanol–water partition coefficient (Wildman–Crippen LogP) is 10.2. The minimum atomic E-state index is -0.212. The van der Waals surface area contributed by atoms with E-state index in [0.29, 0.717) is 25.0 Å². The van der Waals surface area contributed by atoms with E-state index in [4.69, 9.17) is 0 Å². The van der Waals surface area contributed by atoms with Gasteiger partial charge in [-0.05, 0) is 19.3 Å². The van der Waals surface area contributed by atoms with Crippen molar-refractivity contribution in [2.45, 2.75) is 135 Å². The average Bonchev–Trinajstić information content (AvgIpc) is 3.68. The summed E-state index contributed by atoms with van der Waals surface area (Å²) >= 11 is 0. The van der Waals surface area contributed by atoms with Gasteiger partial charge >= 0.3 is 5.97 Å². The van der Waals surface area contributed by atoms with Crippen LogP contribution in [0.5, 0.6) is 0 Å². The standard InChI is InChI=1S/C23H39O.C12H15O3.Fe/c1-2-3-4-5-6-7-8-9-10-11-12-13-14-15-16-21-23(24)22-19-17-18-20-22;1-15-12(14)9-5-4-8-11(13)10-6-2-3-7-10;/h17-20H,2-16,21H2,1H3;2-3,6-7H,4-5,8-9H2,1H3;/q-1;-5;. The largest absolute Gasteiger partial charge is 0.718 e. The van der Waals surface area contributed by atoms with Crippen molar-refractivity contribution in [2.24, 2.45) is 0 Å². The summed E-state index contributed by atoms with van der Waals surface area (Å²) in [7, 11) is 1.37. The van der Waals surface area contributed by atoms with Crippen molar-refractivity contribution in [1.82, 2.24) is 0 Å². The smallest absolute Gasteiger partial charge is 0.305 e. The Morgan fingerprint density at radius 1 is 0.600 bits per heavy atom. The second-order valence-electron chi connectivity index (χ2n) is 10.7. The summed E-state index contributed by atoms with van der Waals surface area (Å²) < 4.78 is 4.51. The van der Waals surface area contributed by atoms with Crippen LogP contribution >= 0.6 is 0 Å². The Balaban J connectivity index is 0.000000819. The Labute approximate surface area is 255 Å². The van der Waals surface area contributed by atoms with E-state index in [2.05, 4.69) is 11.7 Å². The van der Waals surface area contributed by atoms with Crippen molar-refractivity contribution in [3.63, 3.8) is 0 Å². The van der Waals surface area contributed by atoms with Gasteiger partial charge in [-0.25, -0.2) is 12.1 Å². The molecule has 5 heteroatoms. The van der Waals surface area contributed by atoms with Gasteiger partial charge < -0.3 is 44.2 Å². The molecule has 0 saturated heterocycles. The number of carbonyl (C=O) groups excluding carboxylic acids is 3. The molecule has 0 aliphatic rings. The number of carbonyl (C=O) groups is 3. The molecule has 40 heavy (non-hydrogen) atoms. The normalized spacial score (nSPS) is 10.3. The van der Waals surface area contributed by atoms with Gasteiger partial charge in [-0.1, -0.05) is 109 Å². The van der Waals surface area contributed by atoms with Gasteiger partial charge in [0.25, 0.3) is 0 Å². The number of methoxy groups -OCH3 is 1. The molecule has 4 nitrogen and oxygen atoms in total. The Bertz CT molecular complexity index is 839. The number of Topliss-reactive ketones (excluding diaryl/α,β-unsaturated/α-hetero) is 2. The maximum Gasteiger partial charge on any atom is 0.305 e. The number of unbranched alkanes of at least 4 members (excludes halogenated alkanes) is 15. The molecule has 0 aromatic heterocycles. The van der Waals surface area contributed by atoms with E-state index in [9.17, 15) is 14.4 Å². The number of hydrogen-bond acceptors (Lipinski definition) is 4. The summed E-state index contributed by atoms with van der Waals surface area (Å²) in [5.74, 6) is 0.246. The summed E-state index contributed by atoms with van der Waals surface area (Å²) in [6, 6.07) is 15.1. The third-order valence-corrected chi connectivity index (χ3v) is 7.24. The van der Waals surface area contributed by atoms with Gasteiger partial charge in [0.15, 0.2) is 0 Å². The van der Waals surface area contributed by atoms with Crippen molar-refractivity contribution < 1.29 is 36.2 Å². The molecule has 2 aromatic carbocycles. The topological polar surface area (TPSA) is 60.4 Å². The minimum Gasteiger partial charge on any atom is -0.718 e. The average molecular weight is 595 g/mol. The van der Waals surface area contributed by atoms with Crippen molar-refractivity contribution in [3.8, 4) is 0 Å². The molecule has 0 aliphatic carbocycles. The van der Waals surface area contributed by atoms with Crippen LogP contribution in [0.3, 0.4) is 0 Å². The number of rotatable bonds is 23. The fraction of sp³-hybridized carbons (Fsp3) is 0.629. The van der Waals surface area contributed by atoms with Gasteiger partial charge in [-0.2, -0.15) is 12.1 Å². The number of ether oxygens (including phenoxy) is 1. The summed E-state index contributed by atoms with van der Waals surface area (Å²) in [6.45, 7) is 2.28. The first-order valence-corrected chi connectivity index (χ1v) is 15.6. The van der Waals surface area contributed by atoms with E-state index in [0.717, 1.165) is 30.4 Å². The van der Waals surface area contributed by atoms with E-state index < -0.39 is 0 Å². The molecule has 0 radical (unpaired) electrons. The first-order valence-electron chi connectivity index (χ1n) is 15.6. The SMILES string of the molecule is CCCCCCCCCCCCCCCCCC(=O)[c-]1cccc1.COC(=O)CCCCC(=O)[c-]1[cH-][cH-][cH-][cH-]1.[Fe]. The molecule has 2 aromatic rings. The quantitative estimate of drug-likeness (QED) is 0.0422. The van der Waals surface area contributed by atoms with Crippen molar-refractivity contribution in [3.05, 3.63) is 59.7 Å². The third-order valence-electron chi connectivity index (χ3n) is 7.24. The van der Waals surface area contributed by atoms with Crippen LogP contribution in [-0.4, -0.2) is 24.6 Å². The third kappa shape index (κ3) is 20.9. The van der Waals surface area contributed by atoms with Crippen LogP contribution in [0.2, 0.25) is 0 Å². The van der Waals surface area contributed by atoms with E-state index >= 15 is 0 Å². The molecule has 0 fully saturated rings. The number of hydrogen-bond donors (Lipinski definition) is 0. The van der Waals surface area contributed by atoms with Crippen molar-refractivity contribution in [2.75, 3.05) is 7.11 Å². The predicted molar refractivity (Wildman–Crippen MR) is 163 cm³/mol. The fourth-order valence-corrected chi connectivity index (χ4v) is 4.72. The van der Waals surface area contributed by atoms with E-state index in [-0.39, 0.29) is 28.8 Å². The van der Waals surface area contributed by atoms with Crippen LogP contribution in [0.25, 0.3) is 0 Å².